The molecular formula is C13H15NO3S2. The van der Waals surface area contributed by atoms with Gasteiger partial charge in [-0.3, -0.25) is 4.79 Å². The van der Waals surface area contributed by atoms with Crippen molar-refractivity contribution in [3.05, 3.63) is 29.8 Å². The molecule has 0 spiro atoms. The van der Waals surface area contributed by atoms with Crippen molar-refractivity contribution in [2.75, 3.05) is 19.5 Å². The third-order valence-corrected chi connectivity index (χ3v) is 5.00. The van der Waals surface area contributed by atoms with Crippen LogP contribution in [-0.4, -0.2) is 34.9 Å². The molecule has 0 saturated heterocycles. The number of rotatable bonds is 4. The maximum atomic E-state index is 11.5. The molecule has 6 heteroatoms. The van der Waals surface area contributed by atoms with Gasteiger partial charge in [-0.05, 0) is 11.6 Å². The van der Waals surface area contributed by atoms with Gasteiger partial charge in [0.15, 0.2) is 0 Å². The Morgan fingerprint density at radius 2 is 2.32 bits per heavy atom. The smallest absolute Gasteiger partial charge is 0.306 e. The first kappa shape index (κ1) is 14.4. The molecule has 0 radical (unpaired) electrons. The lowest BCUT2D eigenvalue weighted by Crippen LogP contribution is -2.10. The number of aliphatic imine (C=N–C) groups is 1. The van der Waals surface area contributed by atoms with E-state index in [9.17, 15) is 4.79 Å². The van der Waals surface area contributed by atoms with Gasteiger partial charge >= 0.3 is 5.97 Å². The van der Waals surface area contributed by atoms with Crippen molar-refractivity contribution >= 4 is 39.6 Å². The monoisotopic (exact) mass is 297 g/mol. The number of benzene rings is 1. The molecule has 1 aliphatic rings. The second-order valence-electron chi connectivity index (χ2n) is 3.90. The Labute approximate surface area is 120 Å². The van der Waals surface area contributed by atoms with Crippen molar-refractivity contribution in [2.24, 2.45) is 4.99 Å². The van der Waals surface area contributed by atoms with Gasteiger partial charge in [-0.15, -0.1) is 0 Å². The molecule has 1 heterocycles. The Morgan fingerprint density at radius 3 is 3.05 bits per heavy atom. The average Bonchev–Trinajstić information content (AvgIpc) is 2.45. The van der Waals surface area contributed by atoms with Crippen LogP contribution in [0.4, 0.5) is 5.69 Å². The van der Waals surface area contributed by atoms with Crippen LogP contribution >= 0.6 is 23.5 Å². The molecular weight excluding hydrogens is 282 g/mol. The molecule has 0 fully saturated rings. The van der Waals surface area contributed by atoms with Crippen LogP contribution in [0.1, 0.15) is 17.2 Å². The van der Waals surface area contributed by atoms with Gasteiger partial charge in [-0.25, -0.2) is 4.99 Å². The van der Waals surface area contributed by atoms with Gasteiger partial charge in [0.2, 0.25) is 0 Å². The number of thioether (sulfide) groups is 2. The summed E-state index contributed by atoms with van der Waals surface area (Å²) >= 11 is 3.07. The highest BCUT2D eigenvalue weighted by molar-refractivity contribution is 8.39. The van der Waals surface area contributed by atoms with Crippen molar-refractivity contribution in [3.63, 3.8) is 0 Å². The molecule has 0 bridgehead atoms. The Hall–Kier alpha value is -0.980. The van der Waals surface area contributed by atoms with Gasteiger partial charge in [0.05, 0.1) is 25.8 Å². The maximum absolute atomic E-state index is 11.5. The third-order valence-electron chi connectivity index (χ3n) is 2.64. The minimum absolute atomic E-state index is 0.0299. The van der Waals surface area contributed by atoms with Gasteiger partial charge in [-0.1, -0.05) is 41.7 Å². The van der Waals surface area contributed by atoms with E-state index in [0.29, 0.717) is 12.2 Å². The minimum Gasteiger partial charge on any atom is -0.469 e. The SMILES string of the molecule is COC(=O)CC1SC(SCCO)=Nc2ccccc21. The Bertz CT molecular complexity index is 491. The fraction of sp³-hybridized carbons (Fsp3) is 0.385. The summed E-state index contributed by atoms with van der Waals surface area (Å²) in [5.41, 5.74) is 1.96. The maximum Gasteiger partial charge on any atom is 0.306 e. The van der Waals surface area contributed by atoms with Gasteiger partial charge in [0, 0.05) is 11.0 Å². The summed E-state index contributed by atoms with van der Waals surface area (Å²) < 4.78 is 5.64. The van der Waals surface area contributed by atoms with E-state index in [1.54, 1.807) is 11.8 Å². The largest absolute Gasteiger partial charge is 0.469 e. The fourth-order valence-electron chi connectivity index (χ4n) is 1.76. The summed E-state index contributed by atoms with van der Waals surface area (Å²) in [4.78, 5) is 16.0. The number of aliphatic hydroxyl groups excluding tert-OH is 1. The zero-order valence-electron chi connectivity index (χ0n) is 10.5. The molecule has 0 saturated carbocycles. The molecule has 0 aromatic heterocycles. The molecule has 4 nitrogen and oxygen atoms in total. The second-order valence-corrected chi connectivity index (χ2v) is 6.43. The van der Waals surface area contributed by atoms with E-state index in [-0.39, 0.29) is 17.8 Å². The number of esters is 1. The first-order valence-electron chi connectivity index (χ1n) is 5.89. The minimum atomic E-state index is -0.222. The van der Waals surface area contributed by atoms with Crippen LogP contribution in [0.3, 0.4) is 0 Å². The number of aliphatic hydroxyl groups is 1. The Kier molecular flexibility index (Phi) is 5.30. The molecule has 0 amide bonds. The number of carbonyl (C=O) groups excluding carboxylic acids is 1. The van der Waals surface area contributed by atoms with E-state index in [1.807, 2.05) is 24.3 Å². The van der Waals surface area contributed by atoms with Crippen LogP contribution in [0.5, 0.6) is 0 Å². The van der Waals surface area contributed by atoms with Crippen molar-refractivity contribution in [2.45, 2.75) is 11.7 Å². The summed E-state index contributed by atoms with van der Waals surface area (Å²) in [6, 6.07) is 7.82. The highest BCUT2D eigenvalue weighted by Crippen LogP contribution is 2.45. The van der Waals surface area contributed by atoms with E-state index in [4.69, 9.17) is 9.84 Å². The topological polar surface area (TPSA) is 58.9 Å². The summed E-state index contributed by atoms with van der Waals surface area (Å²) in [5, 5.41) is 8.91. The second kappa shape index (κ2) is 6.98. The quantitative estimate of drug-likeness (QED) is 0.866. The molecule has 1 atom stereocenters. The standard InChI is InChI=1S/C13H15NO3S2/c1-17-12(16)8-11-9-4-2-3-5-10(9)14-13(19-11)18-7-6-15/h2-5,11,15H,6-8H2,1H3. The van der Waals surface area contributed by atoms with Crippen molar-refractivity contribution in [1.29, 1.82) is 0 Å². The van der Waals surface area contributed by atoms with Crippen LogP contribution in [0.25, 0.3) is 0 Å². The van der Waals surface area contributed by atoms with Gasteiger partial charge < -0.3 is 9.84 Å². The Morgan fingerprint density at radius 1 is 1.53 bits per heavy atom. The number of para-hydroxylation sites is 1. The number of carbonyl (C=O) groups is 1. The van der Waals surface area contributed by atoms with Crippen molar-refractivity contribution in [1.82, 2.24) is 0 Å². The lowest BCUT2D eigenvalue weighted by atomic mass is 10.1. The number of hydrogen-bond donors (Lipinski definition) is 1. The van der Waals surface area contributed by atoms with Gasteiger partial charge in [-0.2, -0.15) is 0 Å². The number of hydrogen-bond acceptors (Lipinski definition) is 6. The van der Waals surface area contributed by atoms with Crippen LogP contribution < -0.4 is 0 Å². The summed E-state index contributed by atoms with van der Waals surface area (Å²) in [6.07, 6.45) is 0.330. The molecule has 19 heavy (non-hydrogen) atoms. The van der Waals surface area contributed by atoms with Crippen LogP contribution in [0.2, 0.25) is 0 Å². The van der Waals surface area contributed by atoms with E-state index in [2.05, 4.69) is 4.99 Å². The van der Waals surface area contributed by atoms with E-state index in [0.717, 1.165) is 15.6 Å². The first-order valence-corrected chi connectivity index (χ1v) is 7.76. The summed E-state index contributed by atoms with van der Waals surface area (Å²) in [7, 11) is 1.40. The lowest BCUT2D eigenvalue weighted by Gasteiger charge is -2.22. The predicted octanol–water partition coefficient (Wildman–Crippen LogP) is 2.75. The van der Waals surface area contributed by atoms with Crippen LogP contribution in [0.15, 0.2) is 29.3 Å². The van der Waals surface area contributed by atoms with Crippen LogP contribution in [-0.2, 0) is 9.53 Å². The zero-order chi connectivity index (χ0) is 13.7. The lowest BCUT2D eigenvalue weighted by molar-refractivity contribution is -0.140. The molecule has 1 aromatic rings. The van der Waals surface area contributed by atoms with Crippen LogP contribution in [0, 0.1) is 0 Å². The zero-order valence-corrected chi connectivity index (χ0v) is 12.2. The number of nitrogens with zero attached hydrogens (tertiary/aromatic N) is 1. The Balaban J connectivity index is 2.21. The molecule has 1 aromatic carbocycles. The van der Waals surface area contributed by atoms with E-state index in [1.165, 1.54) is 18.9 Å². The fourth-order valence-corrected chi connectivity index (χ4v) is 4.00. The summed E-state index contributed by atoms with van der Waals surface area (Å²) in [5.74, 6) is 0.389. The van der Waals surface area contributed by atoms with Crippen molar-refractivity contribution < 1.29 is 14.6 Å². The van der Waals surface area contributed by atoms with E-state index < -0.39 is 0 Å². The van der Waals surface area contributed by atoms with Crippen molar-refractivity contribution in [3.8, 4) is 0 Å². The molecule has 1 N–H and O–H groups in total. The predicted molar refractivity (Wildman–Crippen MR) is 80.0 cm³/mol. The highest BCUT2D eigenvalue weighted by atomic mass is 32.2. The average molecular weight is 297 g/mol. The number of fused-ring (bicyclic) bond motifs is 1. The molecule has 1 aliphatic heterocycles. The highest BCUT2D eigenvalue weighted by Gasteiger charge is 2.25. The van der Waals surface area contributed by atoms with Gasteiger partial charge in [0.25, 0.3) is 0 Å². The molecule has 1 unspecified atom stereocenters. The summed E-state index contributed by atoms with van der Waals surface area (Å²) in [6.45, 7) is 0.119. The number of methoxy groups -OCH3 is 1. The molecule has 0 aliphatic carbocycles. The van der Waals surface area contributed by atoms with Gasteiger partial charge in [0.1, 0.15) is 4.38 Å². The number of ether oxygens (including phenoxy) is 1. The third kappa shape index (κ3) is 3.75. The van der Waals surface area contributed by atoms with E-state index >= 15 is 0 Å². The molecule has 2 rings (SSSR count). The normalized spacial score (nSPS) is 17.6. The first-order chi connectivity index (χ1) is 9.24. The molecule has 102 valence electrons.